The van der Waals surface area contributed by atoms with Crippen LogP contribution in [0.2, 0.25) is 10.0 Å². The highest BCUT2D eigenvalue weighted by atomic mass is 35.5. The van der Waals surface area contributed by atoms with Crippen molar-refractivity contribution < 1.29 is 10.2 Å². The van der Waals surface area contributed by atoms with Gasteiger partial charge in [0, 0.05) is 10.6 Å². The van der Waals surface area contributed by atoms with Crippen molar-refractivity contribution in [1.82, 2.24) is 0 Å². The molecule has 1 aromatic rings. The van der Waals surface area contributed by atoms with Gasteiger partial charge >= 0.3 is 0 Å². The number of phenols is 1. The van der Waals surface area contributed by atoms with E-state index in [1.807, 2.05) is 20.8 Å². The van der Waals surface area contributed by atoms with Crippen LogP contribution in [0.5, 0.6) is 5.75 Å². The molecule has 0 saturated heterocycles. The lowest BCUT2D eigenvalue weighted by molar-refractivity contribution is 0.0395. The molecule has 0 aliphatic carbocycles. The zero-order valence-corrected chi connectivity index (χ0v) is 12.8. The molecule has 6 heteroatoms. The minimum atomic E-state index is -0.827. The van der Waals surface area contributed by atoms with E-state index in [1.54, 1.807) is 0 Å². The maximum absolute atomic E-state index is 10.1. The number of benzene rings is 1. The Morgan fingerprint density at radius 1 is 1.22 bits per heavy atom. The van der Waals surface area contributed by atoms with Gasteiger partial charge in [-0.3, -0.25) is 0 Å². The zero-order valence-electron chi connectivity index (χ0n) is 10.4. The number of rotatable bonds is 2. The zero-order chi connectivity index (χ0) is 13.4. The maximum atomic E-state index is 10.1. The number of phenolic OH excluding ortho intramolecular Hbond substituents is 1. The fraction of sp³-hybridized carbons (Fsp3) is 0.500. The van der Waals surface area contributed by atoms with Gasteiger partial charge in [0.05, 0.1) is 17.2 Å². The molecule has 3 nitrogen and oxygen atoms in total. The fourth-order valence-corrected chi connectivity index (χ4v) is 2.21. The summed E-state index contributed by atoms with van der Waals surface area (Å²) in [5.41, 5.74) is 5.85. The second-order valence-corrected chi connectivity index (χ2v) is 6.00. The largest absolute Gasteiger partial charge is 0.507 e. The van der Waals surface area contributed by atoms with Gasteiger partial charge in [-0.1, -0.05) is 44.0 Å². The van der Waals surface area contributed by atoms with E-state index < -0.39 is 17.6 Å². The summed E-state index contributed by atoms with van der Waals surface area (Å²) in [6, 6.07) is 2.09. The van der Waals surface area contributed by atoms with Crippen molar-refractivity contribution in [3.05, 3.63) is 27.7 Å². The van der Waals surface area contributed by atoms with Crippen molar-refractivity contribution in [2.75, 3.05) is 0 Å². The Hall–Kier alpha value is -0.190. The number of aliphatic hydroxyl groups is 1. The van der Waals surface area contributed by atoms with E-state index in [2.05, 4.69) is 0 Å². The van der Waals surface area contributed by atoms with Crippen LogP contribution >= 0.6 is 35.6 Å². The van der Waals surface area contributed by atoms with Crippen molar-refractivity contribution in [3.63, 3.8) is 0 Å². The van der Waals surface area contributed by atoms with Gasteiger partial charge in [-0.25, -0.2) is 0 Å². The van der Waals surface area contributed by atoms with Gasteiger partial charge in [0.2, 0.25) is 0 Å². The quantitative estimate of drug-likeness (QED) is 0.782. The summed E-state index contributed by atoms with van der Waals surface area (Å²) < 4.78 is 0. The molecule has 0 aliphatic heterocycles. The normalized spacial score (nSPS) is 14.8. The maximum Gasteiger partial charge on any atom is 0.123 e. The van der Waals surface area contributed by atoms with Crippen molar-refractivity contribution in [2.45, 2.75) is 32.9 Å². The van der Waals surface area contributed by atoms with Gasteiger partial charge in [-0.05, 0) is 17.5 Å². The first-order valence-corrected chi connectivity index (χ1v) is 6.01. The van der Waals surface area contributed by atoms with Crippen LogP contribution in [0.4, 0.5) is 0 Å². The molecule has 2 atom stereocenters. The smallest absolute Gasteiger partial charge is 0.123 e. The molecule has 0 saturated carbocycles. The Morgan fingerprint density at radius 2 is 1.72 bits per heavy atom. The van der Waals surface area contributed by atoms with Crippen LogP contribution < -0.4 is 5.73 Å². The average molecular weight is 315 g/mol. The highest BCUT2D eigenvalue weighted by molar-refractivity contribution is 6.35. The van der Waals surface area contributed by atoms with Crippen LogP contribution in [0.25, 0.3) is 0 Å². The molecule has 1 rings (SSSR count). The molecule has 0 aromatic heterocycles. The first-order valence-electron chi connectivity index (χ1n) is 5.26. The van der Waals surface area contributed by atoms with E-state index in [9.17, 15) is 10.2 Å². The second-order valence-electron chi connectivity index (χ2n) is 5.16. The summed E-state index contributed by atoms with van der Waals surface area (Å²) in [6.07, 6.45) is -0.827. The molecule has 0 bridgehead atoms. The van der Waals surface area contributed by atoms with Gasteiger partial charge in [-0.15, -0.1) is 12.4 Å². The summed E-state index contributed by atoms with van der Waals surface area (Å²) in [6.45, 7) is 5.58. The molecule has 104 valence electrons. The number of halogens is 3. The molecule has 0 fully saturated rings. The molecule has 0 unspecified atom stereocenters. The summed E-state index contributed by atoms with van der Waals surface area (Å²) in [5.74, 6) is -0.0988. The van der Waals surface area contributed by atoms with E-state index in [4.69, 9.17) is 28.9 Å². The van der Waals surface area contributed by atoms with E-state index in [0.29, 0.717) is 10.6 Å². The van der Waals surface area contributed by atoms with Crippen LogP contribution in [0.1, 0.15) is 32.4 Å². The van der Waals surface area contributed by atoms with Crippen LogP contribution in [0.3, 0.4) is 0 Å². The molecule has 1 aromatic carbocycles. The number of aliphatic hydroxyl groups excluding tert-OH is 1. The molecule has 0 heterocycles. The van der Waals surface area contributed by atoms with Gasteiger partial charge < -0.3 is 15.9 Å². The molecular weight excluding hydrogens is 296 g/mol. The van der Waals surface area contributed by atoms with Gasteiger partial charge in [0.25, 0.3) is 0 Å². The molecule has 18 heavy (non-hydrogen) atoms. The molecule has 0 radical (unpaired) electrons. The minimum Gasteiger partial charge on any atom is -0.507 e. The standard InChI is InChI=1S/C12H17Cl2NO2.ClH/c1-12(2,3)11(17)10(15)9-7(14)4-6(13)5-8(9)16;/h4-5,10-11,16-17H,15H2,1-3H3;1H/t10-,11-;/m0./s1. The van der Waals surface area contributed by atoms with Crippen LogP contribution in [-0.4, -0.2) is 16.3 Å². The highest BCUT2D eigenvalue weighted by Crippen LogP contribution is 2.38. The van der Waals surface area contributed by atoms with E-state index in [0.717, 1.165) is 0 Å². The Balaban J connectivity index is 0.00000289. The summed E-state index contributed by atoms with van der Waals surface area (Å²) in [5, 5.41) is 20.5. The number of hydrogen-bond donors (Lipinski definition) is 3. The Morgan fingerprint density at radius 3 is 2.11 bits per heavy atom. The predicted molar refractivity (Wildman–Crippen MR) is 77.8 cm³/mol. The van der Waals surface area contributed by atoms with Crippen LogP contribution in [-0.2, 0) is 0 Å². The number of hydrogen-bond acceptors (Lipinski definition) is 3. The number of aromatic hydroxyl groups is 1. The first kappa shape index (κ1) is 17.8. The highest BCUT2D eigenvalue weighted by Gasteiger charge is 2.31. The lowest BCUT2D eigenvalue weighted by Crippen LogP contribution is -2.37. The van der Waals surface area contributed by atoms with Crippen LogP contribution in [0, 0.1) is 5.41 Å². The summed E-state index contributed by atoms with van der Waals surface area (Å²) in [4.78, 5) is 0. The average Bonchev–Trinajstić information content (AvgIpc) is 2.13. The fourth-order valence-electron chi connectivity index (χ4n) is 1.60. The van der Waals surface area contributed by atoms with Crippen LogP contribution in [0.15, 0.2) is 12.1 Å². The molecule has 0 aliphatic rings. The summed E-state index contributed by atoms with van der Waals surface area (Å²) >= 11 is 11.7. The Labute approximate surface area is 123 Å². The summed E-state index contributed by atoms with van der Waals surface area (Å²) in [7, 11) is 0. The first-order chi connectivity index (χ1) is 7.64. The number of nitrogens with two attached hydrogens (primary N) is 1. The van der Waals surface area contributed by atoms with Crippen molar-refractivity contribution in [1.29, 1.82) is 0 Å². The van der Waals surface area contributed by atoms with E-state index >= 15 is 0 Å². The molecule has 0 spiro atoms. The van der Waals surface area contributed by atoms with Gasteiger partial charge in [0.1, 0.15) is 5.75 Å². The molecular formula is C12H18Cl3NO2. The van der Waals surface area contributed by atoms with E-state index in [-0.39, 0.29) is 23.2 Å². The van der Waals surface area contributed by atoms with Gasteiger partial charge in [0.15, 0.2) is 0 Å². The molecule has 0 amide bonds. The topological polar surface area (TPSA) is 66.5 Å². The lowest BCUT2D eigenvalue weighted by Gasteiger charge is -2.31. The third-order valence-electron chi connectivity index (χ3n) is 2.63. The third-order valence-corrected chi connectivity index (χ3v) is 3.16. The van der Waals surface area contributed by atoms with E-state index in [1.165, 1.54) is 12.1 Å². The Kier molecular flexibility index (Phi) is 6.24. The third kappa shape index (κ3) is 3.90. The SMILES string of the molecule is CC(C)(C)[C@@H](O)[C@@H](N)c1c(O)cc(Cl)cc1Cl.Cl. The Bertz CT molecular complexity index is 395. The second kappa shape index (κ2) is 6.31. The molecule has 4 N–H and O–H groups in total. The predicted octanol–water partition coefficient (Wildman–Crippen LogP) is 3.53. The minimum absolute atomic E-state index is 0. The van der Waals surface area contributed by atoms with Crippen molar-refractivity contribution in [2.24, 2.45) is 11.1 Å². The monoisotopic (exact) mass is 313 g/mol. The lowest BCUT2D eigenvalue weighted by atomic mass is 9.82. The van der Waals surface area contributed by atoms with Crippen molar-refractivity contribution >= 4 is 35.6 Å². The van der Waals surface area contributed by atoms with Gasteiger partial charge in [-0.2, -0.15) is 0 Å². The van der Waals surface area contributed by atoms with Crippen molar-refractivity contribution in [3.8, 4) is 5.75 Å².